The molecular weight excluding hydrogens is 256 g/mol. The van der Waals surface area contributed by atoms with Crippen molar-refractivity contribution >= 4 is 34.4 Å². The second-order valence-electron chi connectivity index (χ2n) is 4.76. The zero-order valence-corrected chi connectivity index (χ0v) is 10.4. The summed E-state index contributed by atoms with van der Waals surface area (Å²) in [6, 6.07) is 0. The molecule has 0 amide bonds. The number of hydrogen-bond acceptors (Lipinski definition) is 4. The van der Waals surface area contributed by atoms with Crippen molar-refractivity contribution in [2.45, 2.75) is 25.3 Å². The Bertz CT molecular complexity index is 675. The number of fused-ring (bicyclic) bond motifs is 1. The van der Waals surface area contributed by atoms with Gasteiger partial charge in [0.1, 0.15) is 28.5 Å². The van der Waals surface area contributed by atoms with Crippen LogP contribution in [0.5, 0.6) is 0 Å². The summed E-state index contributed by atoms with van der Waals surface area (Å²) < 4.78 is 1.76. The average molecular weight is 267 g/mol. The number of nitrogens with two attached hydrogens (primary N) is 1. The zero-order chi connectivity index (χ0) is 13.1. The number of hydrogen-bond donors (Lipinski definition) is 2. The lowest BCUT2D eigenvalue weighted by Gasteiger charge is -2.13. The summed E-state index contributed by atoms with van der Waals surface area (Å²) in [5.74, 6) is -0.975. The molecule has 3 N–H and O–H groups in total. The van der Waals surface area contributed by atoms with Crippen molar-refractivity contribution in [1.82, 2.24) is 14.5 Å². The summed E-state index contributed by atoms with van der Waals surface area (Å²) in [5.41, 5.74) is 6.07. The van der Waals surface area contributed by atoms with Gasteiger partial charge in [0, 0.05) is 5.54 Å². The van der Waals surface area contributed by atoms with E-state index in [0.717, 1.165) is 12.8 Å². The van der Waals surface area contributed by atoms with Crippen molar-refractivity contribution in [3.8, 4) is 0 Å². The molecule has 1 aliphatic carbocycles. The number of carbonyl (C=O) groups is 1. The highest BCUT2D eigenvalue weighted by molar-refractivity contribution is 6.35. The molecular formula is C11H11ClN4O2. The Labute approximate surface area is 107 Å². The highest BCUT2D eigenvalue weighted by Crippen LogP contribution is 2.48. The molecule has 2 aromatic heterocycles. The minimum absolute atomic E-state index is 0.0158. The molecule has 1 aliphatic rings. The molecule has 0 aromatic carbocycles. The predicted octanol–water partition coefficient (Wildman–Crippen LogP) is 1.87. The van der Waals surface area contributed by atoms with Gasteiger partial charge in [0.05, 0.1) is 5.39 Å². The first-order valence-corrected chi connectivity index (χ1v) is 5.87. The SMILES string of the molecule is CC1(n2c(Cl)c(C(=O)O)c3c(N)ncnc32)CC1. The molecule has 6 nitrogen and oxygen atoms in total. The van der Waals surface area contributed by atoms with Gasteiger partial charge in [-0.1, -0.05) is 11.6 Å². The molecule has 0 saturated heterocycles. The molecule has 0 atom stereocenters. The van der Waals surface area contributed by atoms with E-state index in [1.165, 1.54) is 6.33 Å². The number of halogens is 1. The molecule has 7 heteroatoms. The third-order valence-electron chi connectivity index (χ3n) is 3.45. The van der Waals surface area contributed by atoms with E-state index in [1.54, 1.807) is 4.57 Å². The maximum absolute atomic E-state index is 11.3. The van der Waals surface area contributed by atoms with Crippen molar-refractivity contribution < 1.29 is 9.90 Å². The molecule has 2 aromatic rings. The molecule has 1 fully saturated rings. The van der Waals surface area contributed by atoms with E-state index in [1.807, 2.05) is 6.92 Å². The largest absolute Gasteiger partial charge is 0.478 e. The summed E-state index contributed by atoms with van der Waals surface area (Å²) in [4.78, 5) is 19.3. The van der Waals surface area contributed by atoms with Gasteiger partial charge in [-0.3, -0.25) is 0 Å². The summed E-state index contributed by atoms with van der Waals surface area (Å²) in [6.07, 6.45) is 3.21. The summed E-state index contributed by atoms with van der Waals surface area (Å²) in [6.45, 7) is 2.02. The molecule has 0 bridgehead atoms. The summed E-state index contributed by atoms with van der Waals surface area (Å²) in [7, 11) is 0. The Hall–Kier alpha value is -1.82. The molecule has 94 valence electrons. The van der Waals surface area contributed by atoms with Gasteiger partial charge in [-0.2, -0.15) is 0 Å². The van der Waals surface area contributed by atoms with E-state index in [0.29, 0.717) is 11.0 Å². The number of aromatic carboxylic acids is 1. The van der Waals surface area contributed by atoms with Crippen molar-refractivity contribution in [1.29, 1.82) is 0 Å². The lowest BCUT2D eigenvalue weighted by molar-refractivity contribution is 0.0699. The molecule has 1 saturated carbocycles. The van der Waals surface area contributed by atoms with Gasteiger partial charge in [-0.25, -0.2) is 14.8 Å². The summed E-state index contributed by atoms with van der Waals surface area (Å²) in [5, 5.41) is 9.77. The average Bonchev–Trinajstić information content (AvgIpc) is 2.92. The second kappa shape index (κ2) is 3.35. The second-order valence-corrected chi connectivity index (χ2v) is 5.12. The van der Waals surface area contributed by atoms with Crippen LogP contribution in [0.15, 0.2) is 6.33 Å². The Kier molecular flexibility index (Phi) is 2.10. The van der Waals surface area contributed by atoms with E-state index in [2.05, 4.69) is 9.97 Å². The Morgan fingerprint density at radius 3 is 2.78 bits per heavy atom. The molecule has 0 unspecified atom stereocenters. The fourth-order valence-electron chi connectivity index (χ4n) is 2.20. The highest BCUT2D eigenvalue weighted by Gasteiger charge is 2.43. The van der Waals surface area contributed by atoms with Crippen molar-refractivity contribution in [3.05, 3.63) is 17.0 Å². The first kappa shape index (κ1) is 11.3. The lowest BCUT2D eigenvalue weighted by Crippen LogP contribution is -2.13. The normalized spacial score (nSPS) is 17.0. The molecule has 0 aliphatic heterocycles. The van der Waals surface area contributed by atoms with E-state index < -0.39 is 5.97 Å². The Balaban J connectivity index is 2.48. The van der Waals surface area contributed by atoms with Crippen LogP contribution < -0.4 is 5.73 Å². The zero-order valence-electron chi connectivity index (χ0n) is 9.64. The van der Waals surface area contributed by atoms with Crippen LogP contribution >= 0.6 is 11.6 Å². The van der Waals surface area contributed by atoms with Gasteiger partial charge in [0.25, 0.3) is 0 Å². The first-order chi connectivity index (χ1) is 8.46. The van der Waals surface area contributed by atoms with E-state index >= 15 is 0 Å². The van der Waals surface area contributed by atoms with E-state index in [4.69, 9.17) is 17.3 Å². The van der Waals surface area contributed by atoms with Crippen molar-refractivity contribution in [2.24, 2.45) is 0 Å². The molecule has 2 heterocycles. The minimum atomic E-state index is -1.12. The van der Waals surface area contributed by atoms with Crippen LogP contribution in [0.4, 0.5) is 5.82 Å². The van der Waals surface area contributed by atoms with E-state index in [-0.39, 0.29) is 22.1 Å². The number of aromatic nitrogens is 3. The van der Waals surface area contributed by atoms with Gasteiger partial charge in [0.2, 0.25) is 0 Å². The van der Waals surface area contributed by atoms with Gasteiger partial charge in [-0.05, 0) is 19.8 Å². The van der Waals surface area contributed by atoms with Crippen LogP contribution in [0.3, 0.4) is 0 Å². The highest BCUT2D eigenvalue weighted by atomic mass is 35.5. The smallest absolute Gasteiger partial charge is 0.339 e. The molecule has 0 spiro atoms. The molecule has 0 radical (unpaired) electrons. The number of carboxylic acid groups (broad SMARTS) is 1. The van der Waals surface area contributed by atoms with Gasteiger partial charge in [0.15, 0.2) is 0 Å². The Morgan fingerprint density at radius 2 is 2.22 bits per heavy atom. The monoisotopic (exact) mass is 266 g/mol. The summed E-state index contributed by atoms with van der Waals surface area (Å²) >= 11 is 6.20. The number of rotatable bonds is 2. The number of nitrogen functional groups attached to an aromatic ring is 1. The topological polar surface area (TPSA) is 94.0 Å². The number of carboxylic acids is 1. The van der Waals surface area contributed by atoms with Crippen LogP contribution in [0, 0.1) is 0 Å². The van der Waals surface area contributed by atoms with Crippen LogP contribution in [-0.4, -0.2) is 25.6 Å². The van der Waals surface area contributed by atoms with E-state index in [9.17, 15) is 9.90 Å². The standard InChI is InChI=1S/C11H11ClN4O2/c1-11(2-3-11)16-7(12)5(10(17)18)6-8(13)14-4-15-9(6)16/h4H,2-3H2,1H3,(H,17,18)(H2,13,14,15). The maximum atomic E-state index is 11.3. The number of anilines is 1. The van der Waals surface area contributed by atoms with Crippen LogP contribution in [0.2, 0.25) is 5.15 Å². The first-order valence-electron chi connectivity index (χ1n) is 5.50. The third kappa shape index (κ3) is 1.32. The fraction of sp³-hybridized carbons (Fsp3) is 0.364. The van der Waals surface area contributed by atoms with Crippen LogP contribution in [0.1, 0.15) is 30.1 Å². The fourth-order valence-corrected chi connectivity index (χ4v) is 2.66. The van der Waals surface area contributed by atoms with Crippen LogP contribution in [0.25, 0.3) is 11.0 Å². The number of nitrogens with zero attached hydrogens (tertiary/aromatic N) is 3. The Morgan fingerprint density at radius 1 is 1.56 bits per heavy atom. The van der Waals surface area contributed by atoms with Crippen molar-refractivity contribution in [3.63, 3.8) is 0 Å². The van der Waals surface area contributed by atoms with Gasteiger partial charge < -0.3 is 15.4 Å². The van der Waals surface area contributed by atoms with Crippen LogP contribution in [-0.2, 0) is 5.54 Å². The van der Waals surface area contributed by atoms with Gasteiger partial charge >= 0.3 is 5.97 Å². The quantitative estimate of drug-likeness (QED) is 0.865. The lowest BCUT2D eigenvalue weighted by atomic mass is 10.2. The minimum Gasteiger partial charge on any atom is -0.478 e. The third-order valence-corrected chi connectivity index (χ3v) is 3.81. The molecule has 3 rings (SSSR count). The predicted molar refractivity (Wildman–Crippen MR) is 66.8 cm³/mol. The van der Waals surface area contributed by atoms with Gasteiger partial charge in [-0.15, -0.1) is 0 Å². The van der Waals surface area contributed by atoms with Crippen molar-refractivity contribution in [2.75, 3.05) is 5.73 Å². The maximum Gasteiger partial charge on any atom is 0.339 e. The molecule has 18 heavy (non-hydrogen) atoms.